The molecule has 2 aliphatic rings. The highest BCUT2D eigenvalue weighted by Gasteiger charge is 2.21. The van der Waals surface area contributed by atoms with Crippen LogP contribution in [0.15, 0.2) is 18.3 Å². The molecular formula is C23H39N9. The SMILES string of the molecule is CC(CNc1nc2cccnc2nc1NCC(C)N1CCN(C)CC1)N1CCN(C)CC1. The van der Waals surface area contributed by atoms with Gasteiger partial charge in [-0.25, -0.2) is 15.0 Å². The third-order valence-electron chi connectivity index (χ3n) is 6.89. The molecule has 4 heterocycles. The molecule has 9 nitrogen and oxygen atoms in total. The first-order valence-corrected chi connectivity index (χ1v) is 12.0. The van der Waals surface area contributed by atoms with E-state index >= 15 is 0 Å². The topological polar surface area (TPSA) is 75.7 Å². The number of pyridine rings is 1. The lowest BCUT2D eigenvalue weighted by molar-refractivity contribution is 0.123. The van der Waals surface area contributed by atoms with E-state index in [1.54, 1.807) is 6.20 Å². The quantitative estimate of drug-likeness (QED) is 0.627. The average molecular weight is 442 g/mol. The largest absolute Gasteiger partial charge is 0.365 e. The van der Waals surface area contributed by atoms with Crippen LogP contribution >= 0.6 is 0 Å². The van der Waals surface area contributed by atoms with Crippen molar-refractivity contribution in [2.24, 2.45) is 0 Å². The first-order chi connectivity index (χ1) is 15.5. The van der Waals surface area contributed by atoms with Crippen LogP contribution in [0.2, 0.25) is 0 Å². The van der Waals surface area contributed by atoms with Crippen LogP contribution in [0.4, 0.5) is 11.6 Å². The molecule has 32 heavy (non-hydrogen) atoms. The second-order valence-corrected chi connectivity index (χ2v) is 9.41. The number of hydrogen-bond donors (Lipinski definition) is 2. The third-order valence-corrected chi connectivity index (χ3v) is 6.89. The van der Waals surface area contributed by atoms with Crippen LogP contribution in [0.3, 0.4) is 0 Å². The van der Waals surface area contributed by atoms with Crippen LogP contribution in [0.25, 0.3) is 11.2 Å². The molecule has 0 spiro atoms. The highest BCUT2D eigenvalue weighted by Crippen LogP contribution is 2.21. The Morgan fingerprint density at radius 1 is 0.781 bits per heavy atom. The number of aromatic nitrogens is 3. The van der Waals surface area contributed by atoms with E-state index in [-0.39, 0.29) is 0 Å². The number of likely N-dealkylation sites (N-methyl/N-ethyl adjacent to an activating group) is 2. The van der Waals surface area contributed by atoms with Crippen LogP contribution in [0.5, 0.6) is 0 Å². The zero-order valence-electron chi connectivity index (χ0n) is 20.1. The summed E-state index contributed by atoms with van der Waals surface area (Å²) in [7, 11) is 4.39. The number of nitrogens with zero attached hydrogens (tertiary/aromatic N) is 7. The molecule has 2 fully saturated rings. The Morgan fingerprint density at radius 2 is 1.28 bits per heavy atom. The first-order valence-electron chi connectivity index (χ1n) is 12.0. The number of hydrogen-bond acceptors (Lipinski definition) is 9. The normalized spacial score (nSPS) is 21.5. The molecule has 2 aromatic rings. The Kier molecular flexibility index (Phi) is 7.72. The van der Waals surface area contributed by atoms with Crippen molar-refractivity contribution in [2.45, 2.75) is 25.9 Å². The number of nitrogens with one attached hydrogen (secondary N) is 2. The molecule has 0 bridgehead atoms. The fraction of sp³-hybridized carbons (Fsp3) is 0.696. The lowest BCUT2D eigenvalue weighted by atomic mass is 10.2. The summed E-state index contributed by atoms with van der Waals surface area (Å²) in [5, 5.41) is 7.15. The van der Waals surface area contributed by atoms with Gasteiger partial charge in [-0.05, 0) is 40.1 Å². The lowest BCUT2D eigenvalue weighted by Gasteiger charge is -2.37. The van der Waals surface area contributed by atoms with Crippen LogP contribution in [-0.2, 0) is 0 Å². The summed E-state index contributed by atoms with van der Waals surface area (Å²) in [4.78, 5) is 24.0. The van der Waals surface area contributed by atoms with Crippen molar-refractivity contribution in [3.8, 4) is 0 Å². The summed E-state index contributed by atoms with van der Waals surface area (Å²) in [6.45, 7) is 15.2. The molecule has 2 N–H and O–H groups in total. The van der Waals surface area contributed by atoms with Gasteiger partial charge in [-0.15, -0.1) is 0 Å². The van der Waals surface area contributed by atoms with E-state index < -0.39 is 0 Å². The highest BCUT2D eigenvalue weighted by atomic mass is 15.3. The van der Waals surface area contributed by atoms with Gasteiger partial charge in [-0.3, -0.25) is 9.80 Å². The zero-order valence-corrected chi connectivity index (χ0v) is 20.1. The Hall–Kier alpha value is -2.07. The molecule has 0 aliphatic carbocycles. The predicted molar refractivity (Wildman–Crippen MR) is 131 cm³/mol. The second kappa shape index (κ2) is 10.7. The van der Waals surface area contributed by atoms with Crippen molar-refractivity contribution in [3.63, 3.8) is 0 Å². The molecule has 2 saturated heterocycles. The van der Waals surface area contributed by atoms with E-state index in [2.05, 4.69) is 63.2 Å². The molecule has 0 saturated carbocycles. The van der Waals surface area contributed by atoms with Gasteiger partial charge in [0.1, 0.15) is 5.52 Å². The summed E-state index contributed by atoms with van der Waals surface area (Å²) in [5.74, 6) is 1.61. The first kappa shape index (κ1) is 23.1. The van der Waals surface area contributed by atoms with Crippen molar-refractivity contribution in [3.05, 3.63) is 18.3 Å². The van der Waals surface area contributed by atoms with Gasteiger partial charge in [-0.1, -0.05) is 0 Å². The standard InChI is InChI=1S/C23H39N9/c1-18(31-12-8-29(3)9-13-31)16-25-22-23(28-21-20(27-22)6-5-7-24-21)26-17-19(2)32-14-10-30(4)11-15-32/h5-7,18-19H,8-17H2,1-4H3,(H,25,27)(H,24,26,28). The van der Waals surface area contributed by atoms with E-state index in [0.717, 1.165) is 82.6 Å². The van der Waals surface area contributed by atoms with E-state index in [1.807, 2.05) is 12.1 Å². The number of anilines is 2. The monoisotopic (exact) mass is 441 g/mol. The molecule has 0 aromatic carbocycles. The van der Waals surface area contributed by atoms with Gasteiger partial charge in [0.05, 0.1) is 0 Å². The number of rotatable bonds is 8. The molecule has 2 aliphatic heterocycles. The minimum atomic E-state index is 0.432. The maximum Gasteiger partial charge on any atom is 0.180 e. The molecule has 4 rings (SSSR count). The number of fused-ring (bicyclic) bond motifs is 1. The van der Waals surface area contributed by atoms with Crippen LogP contribution < -0.4 is 10.6 Å². The van der Waals surface area contributed by atoms with Gasteiger partial charge in [0.25, 0.3) is 0 Å². The number of piperazine rings is 2. The third kappa shape index (κ3) is 5.83. The van der Waals surface area contributed by atoms with E-state index in [1.165, 1.54) is 0 Å². The van der Waals surface area contributed by atoms with Gasteiger partial charge in [0.15, 0.2) is 17.3 Å². The van der Waals surface area contributed by atoms with Crippen LogP contribution in [0, 0.1) is 0 Å². The molecule has 2 aromatic heterocycles. The van der Waals surface area contributed by atoms with Crippen molar-refractivity contribution >= 4 is 22.8 Å². The lowest BCUT2D eigenvalue weighted by Crippen LogP contribution is -2.50. The van der Waals surface area contributed by atoms with Crippen LogP contribution in [0.1, 0.15) is 13.8 Å². The summed E-state index contributed by atoms with van der Waals surface area (Å²) in [6.07, 6.45) is 1.77. The van der Waals surface area contributed by atoms with Crippen molar-refractivity contribution in [2.75, 3.05) is 90.2 Å². The van der Waals surface area contributed by atoms with Gasteiger partial charge in [0.2, 0.25) is 0 Å². The van der Waals surface area contributed by atoms with Crippen molar-refractivity contribution < 1.29 is 0 Å². The predicted octanol–water partition coefficient (Wildman–Crippen LogP) is 1.12. The van der Waals surface area contributed by atoms with E-state index in [9.17, 15) is 0 Å². The molecule has 176 valence electrons. The van der Waals surface area contributed by atoms with Gasteiger partial charge >= 0.3 is 0 Å². The Balaban J connectivity index is 1.41. The fourth-order valence-electron chi connectivity index (χ4n) is 4.41. The summed E-state index contributed by atoms with van der Waals surface area (Å²) >= 11 is 0. The van der Waals surface area contributed by atoms with Gasteiger partial charge in [0, 0.05) is 83.7 Å². The molecule has 0 radical (unpaired) electrons. The van der Waals surface area contributed by atoms with Crippen molar-refractivity contribution in [1.29, 1.82) is 0 Å². The Bertz CT molecular complexity index is 789. The van der Waals surface area contributed by atoms with Gasteiger partial charge in [-0.2, -0.15) is 0 Å². The molecule has 2 unspecified atom stereocenters. The van der Waals surface area contributed by atoms with Crippen molar-refractivity contribution in [1.82, 2.24) is 34.6 Å². The minimum Gasteiger partial charge on any atom is -0.365 e. The Morgan fingerprint density at radius 3 is 1.81 bits per heavy atom. The summed E-state index contributed by atoms with van der Waals surface area (Å²) in [6, 6.07) is 4.76. The average Bonchev–Trinajstić information content (AvgIpc) is 2.81. The van der Waals surface area contributed by atoms with Crippen LogP contribution in [-0.4, -0.2) is 126 Å². The fourth-order valence-corrected chi connectivity index (χ4v) is 4.41. The summed E-state index contributed by atoms with van der Waals surface area (Å²) in [5.41, 5.74) is 1.50. The highest BCUT2D eigenvalue weighted by molar-refractivity contribution is 5.76. The molecule has 9 heteroatoms. The smallest absolute Gasteiger partial charge is 0.180 e. The maximum atomic E-state index is 4.86. The molecule has 2 atom stereocenters. The van der Waals surface area contributed by atoms with E-state index in [4.69, 9.17) is 9.97 Å². The van der Waals surface area contributed by atoms with E-state index in [0.29, 0.717) is 17.7 Å². The summed E-state index contributed by atoms with van der Waals surface area (Å²) < 4.78 is 0. The minimum absolute atomic E-state index is 0.432. The van der Waals surface area contributed by atoms with Gasteiger partial charge < -0.3 is 20.4 Å². The molecular weight excluding hydrogens is 402 g/mol. The Labute approximate surface area is 192 Å². The molecule has 0 amide bonds. The zero-order chi connectivity index (χ0) is 22.5. The maximum absolute atomic E-state index is 4.86. The second-order valence-electron chi connectivity index (χ2n) is 9.41.